The van der Waals surface area contributed by atoms with E-state index in [1.54, 1.807) is 29.9 Å². The van der Waals surface area contributed by atoms with Gasteiger partial charge in [-0.05, 0) is 24.6 Å². The number of methoxy groups -OCH3 is 1. The fraction of sp³-hybridized carbons (Fsp3) is 0.429. The monoisotopic (exact) mass is 398 g/mol. The van der Waals surface area contributed by atoms with Gasteiger partial charge < -0.3 is 14.5 Å². The highest BCUT2D eigenvalue weighted by molar-refractivity contribution is 5.77. The lowest BCUT2D eigenvalue weighted by molar-refractivity contribution is -0.138. The van der Waals surface area contributed by atoms with E-state index in [-0.39, 0.29) is 17.4 Å². The Morgan fingerprint density at radius 2 is 1.79 bits per heavy atom. The molecule has 0 atom stereocenters. The van der Waals surface area contributed by atoms with Gasteiger partial charge in [0.15, 0.2) is 0 Å². The molecular formula is C21H26N4O4. The van der Waals surface area contributed by atoms with Gasteiger partial charge in [-0.25, -0.2) is 4.68 Å². The van der Waals surface area contributed by atoms with Crippen molar-refractivity contribution in [1.82, 2.24) is 19.6 Å². The highest BCUT2D eigenvalue weighted by atomic mass is 16.5. The average molecular weight is 398 g/mol. The first kappa shape index (κ1) is 20.6. The predicted octanol–water partition coefficient (Wildman–Crippen LogP) is 1.39. The number of piperazine rings is 1. The number of hydrogen-bond acceptors (Lipinski definition) is 5. The fourth-order valence-corrected chi connectivity index (χ4v) is 3.35. The van der Waals surface area contributed by atoms with Crippen molar-refractivity contribution in [2.45, 2.75) is 26.3 Å². The van der Waals surface area contributed by atoms with Gasteiger partial charge in [0.25, 0.3) is 5.56 Å². The molecule has 154 valence electrons. The summed E-state index contributed by atoms with van der Waals surface area (Å²) in [6, 6.07) is 10.7. The Bertz CT molecular complexity index is 932. The largest absolute Gasteiger partial charge is 0.497 e. The average Bonchev–Trinajstić information content (AvgIpc) is 2.75. The highest BCUT2D eigenvalue weighted by Gasteiger charge is 2.21. The molecule has 1 aliphatic rings. The van der Waals surface area contributed by atoms with Crippen molar-refractivity contribution in [3.8, 4) is 17.0 Å². The van der Waals surface area contributed by atoms with Crippen LogP contribution in [0.4, 0.5) is 0 Å². The molecule has 0 radical (unpaired) electrons. The number of ether oxygens (including phenoxy) is 1. The van der Waals surface area contributed by atoms with Crippen LogP contribution in [0.3, 0.4) is 0 Å². The molecule has 1 fully saturated rings. The molecule has 2 amide bonds. The quantitative estimate of drug-likeness (QED) is 0.734. The Morgan fingerprint density at radius 1 is 1.07 bits per heavy atom. The molecule has 1 aromatic heterocycles. The second-order valence-corrected chi connectivity index (χ2v) is 7.00. The van der Waals surface area contributed by atoms with E-state index in [4.69, 9.17) is 4.74 Å². The van der Waals surface area contributed by atoms with E-state index in [1.807, 2.05) is 24.3 Å². The zero-order valence-corrected chi connectivity index (χ0v) is 16.8. The maximum absolute atomic E-state index is 12.4. The molecule has 1 saturated heterocycles. The molecule has 29 heavy (non-hydrogen) atoms. The van der Waals surface area contributed by atoms with Crippen molar-refractivity contribution in [1.29, 1.82) is 0 Å². The maximum Gasteiger partial charge on any atom is 0.266 e. The molecule has 2 heterocycles. The summed E-state index contributed by atoms with van der Waals surface area (Å²) < 4.78 is 6.64. The molecule has 0 spiro atoms. The van der Waals surface area contributed by atoms with Gasteiger partial charge in [0.1, 0.15) is 5.75 Å². The molecule has 0 N–H and O–H groups in total. The molecule has 8 heteroatoms. The Labute approximate surface area is 169 Å². The van der Waals surface area contributed by atoms with Gasteiger partial charge in [-0.2, -0.15) is 5.10 Å². The summed E-state index contributed by atoms with van der Waals surface area (Å²) in [5, 5.41) is 4.44. The molecule has 1 aliphatic heterocycles. The van der Waals surface area contributed by atoms with Gasteiger partial charge in [0.2, 0.25) is 11.8 Å². The van der Waals surface area contributed by atoms with Crippen LogP contribution in [0.1, 0.15) is 19.8 Å². The Kier molecular flexibility index (Phi) is 6.64. The normalized spacial score (nSPS) is 14.0. The predicted molar refractivity (Wildman–Crippen MR) is 109 cm³/mol. The highest BCUT2D eigenvalue weighted by Crippen LogP contribution is 2.21. The molecular weight excluding hydrogens is 372 g/mol. The molecule has 0 unspecified atom stereocenters. The standard InChI is InChI=1S/C21H26N4O4/c1-16(26)23-11-13-24(14-12-23)20(27)7-4-10-25-21(28)9-8-19(22-25)17-5-3-6-18(15-17)29-2/h3,5-6,8-9,15H,4,7,10-14H2,1-2H3. The van der Waals surface area contributed by atoms with Crippen LogP contribution in [0.15, 0.2) is 41.2 Å². The van der Waals surface area contributed by atoms with Crippen molar-refractivity contribution >= 4 is 11.8 Å². The van der Waals surface area contributed by atoms with Crippen LogP contribution < -0.4 is 10.3 Å². The van der Waals surface area contributed by atoms with Crippen molar-refractivity contribution in [3.63, 3.8) is 0 Å². The number of hydrogen-bond donors (Lipinski definition) is 0. The van der Waals surface area contributed by atoms with E-state index in [0.717, 1.165) is 11.3 Å². The van der Waals surface area contributed by atoms with E-state index in [1.165, 1.54) is 10.7 Å². The summed E-state index contributed by atoms with van der Waals surface area (Å²) in [7, 11) is 1.60. The third-order valence-electron chi connectivity index (χ3n) is 5.07. The van der Waals surface area contributed by atoms with Crippen molar-refractivity contribution in [2.75, 3.05) is 33.3 Å². The van der Waals surface area contributed by atoms with Crippen LogP contribution in [0.5, 0.6) is 5.75 Å². The lowest BCUT2D eigenvalue weighted by atomic mass is 10.1. The first-order chi connectivity index (χ1) is 14.0. The zero-order chi connectivity index (χ0) is 20.8. The van der Waals surface area contributed by atoms with Crippen LogP contribution in [0.25, 0.3) is 11.3 Å². The number of nitrogens with zero attached hydrogens (tertiary/aromatic N) is 4. The second-order valence-electron chi connectivity index (χ2n) is 7.00. The van der Waals surface area contributed by atoms with Crippen LogP contribution in [-0.2, 0) is 16.1 Å². The summed E-state index contributed by atoms with van der Waals surface area (Å²) in [4.78, 5) is 39.5. The number of aryl methyl sites for hydroxylation is 1. The number of rotatable bonds is 6. The minimum atomic E-state index is -0.195. The van der Waals surface area contributed by atoms with Gasteiger partial charge >= 0.3 is 0 Å². The van der Waals surface area contributed by atoms with Crippen LogP contribution in [0.2, 0.25) is 0 Å². The summed E-state index contributed by atoms with van der Waals surface area (Å²) in [6.07, 6.45) is 0.873. The van der Waals surface area contributed by atoms with Gasteiger partial charge in [-0.3, -0.25) is 14.4 Å². The van der Waals surface area contributed by atoms with E-state index in [0.29, 0.717) is 51.3 Å². The Hall–Kier alpha value is -3.16. The number of carbonyl (C=O) groups excluding carboxylic acids is 2. The van der Waals surface area contributed by atoms with E-state index >= 15 is 0 Å². The molecule has 0 aliphatic carbocycles. The van der Waals surface area contributed by atoms with Crippen LogP contribution >= 0.6 is 0 Å². The van der Waals surface area contributed by atoms with Gasteiger partial charge in [0, 0.05) is 57.7 Å². The summed E-state index contributed by atoms with van der Waals surface area (Å²) in [5.41, 5.74) is 1.34. The van der Waals surface area contributed by atoms with E-state index in [2.05, 4.69) is 5.10 Å². The van der Waals surface area contributed by atoms with Gasteiger partial charge in [-0.1, -0.05) is 12.1 Å². The van der Waals surface area contributed by atoms with Gasteiger partial charge in [-0.15, -0.1) is 0 Å². The van der Waals surface area contributed by atoms with E-state index in [9.17, 15) is 14.4 Å². The van der Waals surface area contributed by atoms with Crippen LogP contribution in [0, 0.1) is 0 Å². The van der Waals surface area contributed by atoms with E-state index < -0.39 is 0 Å². The third-order valence-corrected chi connectivity index (χ3v) is 5.07. The lowest BCUT2D eigenvalue weighted by Gasteiger charge is -2.34. The minimum absolute atomic E-state index is 0.0402. The number of amides is 2. The number of aromatic nitrogens is 2. The number of benzene rings is 1. The van der Waals surface area contributed by atoms with Crippen molar-refractivity contribution in [3.05, 3.63) is 46.8 Å². The van der Waals surface area contributed by atoms with Crippen molar-refractivity contribution < 1.29 is 14.3 Å². The summed E-state index contributed by atoms with van der Waals surface area (Å²) >= 11 is 0. The first-order valence-electron chi connectivity index (χ1n) is 9.74. The Morgan fingerprint density at radius 3 is 2.48 bits per heavy atom. The minimum Gasteiger partial charge on any atom is -0.497 e. The third kappa shape index (κ3) is 5.22. The molecule has 0 saturated carbocycles. The summed E-state index contributed by atoms with van der Waals surface area (Å²) in [5.74, 6) is 0.807. The Balaban J connectivity index is 1.57. The second kappa shape index (κ2) is 9.36. The van der Waals surface area contributed by atoms with Gasteiger partial charge in [0.05, 0.1) is 12.8 Å². The maximum atomic E-state index is 12.4. The zero-order valence-electron chi connectivity index (χ0n) is 16.8. The summed E-state index contributed by atoms with van der Waals surface area (Å²) in [6.45, 7) is 4.18. The molecule has 1 aromatic carbocycles. The fourth-order valence-electron chi connectivity index (χ4n) is 3.35. The molecule has 3 rings (SSSR count). The van der Waals surface area contributed by atoms with Crippen molar-refractivity contribution in [2.24, 2.45) is 0 Å². The smallest absolute Gasteiger partial charge is 0.266 e. The topological polar surface area (TPSA) is 84.7 Å². The SMILES string of the molecule is COc1cccc(-c2ccc(=O)n(CCCC(=O)N3CCN(C(C)=O)CC3)n2)c1. The first-order valence-corrected chi connectivity index (χ1v) is 9.74. The lowest BCUT2D eigenvalue weighted by Crippen LogP contribution is -2.50. The molecule has 2 aromatic rings. The molecule has 8 nitrogen and oxygen atoms in total. The van der Waals surface area contributed by atoms with Crippen LogP contribution in [-0.4, -0.2) is 64.7 Å². The molecule has 0 bridgehead atoms. The number of carbonyl (C=O) groups is 2.